The molecule has 0 saturated carbocycles. The predicted octanol–water partition coefficient (Wildman–Crippen LogP) is 3.65. The second-order valence-electron chi connectivity index (χ2n) is 4.65. The number of hydrogen-bond donors (Lipinski definition) is 3. The van der Waals surface area contributed by atoms with E-state index < -0.39 is 0 Å². The summed E-state index contributed by atoms with van der Waals surface area (Å²) in [5, 5.41) is 5.83. The van der Waals surface area contributed by atoms with Crippen LogP contribution in [-0.2, 0) is 37.9 Å². The predicted molar refractivity (Wildman–Crippen MR) is 135 cm³/mol. The van der Waals surface area contributed by atoms with Crippen LogP contribution in [0.4, 0.5) is 0 Å². The van der Waals surface area contributed by atoms with Gasteiger partial charge in [0.2, 0.25) is 0 Å². The molecule has 0 aliphatic carbocycles. The van der Waals surface area contributed by atoms with Crippen LogP contribution in [0.1, 0.15) is 59.3 Å². The molecule has 0 aromatic carbocycles. The van der Waals surface area contributed by atoms with Crippen LogP contribution in [0, 0.1) is 0 Å². The Morgan fingerprint density at radius 3 is 1.64 bits per heavy atom. The van der Waals surface area contributed by atoms with E-state index in [2.05, 4.69) is 111 Å². The Hall–Kier alpha value is 1.33. The van der Waals surface area contributed by atoms with Gasteiger partial charge >= 0.3 is 25.8 Å². The quantitative estimate of drug-likeness (QED) is 0.0995. The summed E-state index contributed by atoms with van der Waals surface area (Å²) in [6, 6.07) is 0. The monoisotopic (exact) mass is 559 g/mol. The van der Waals surface area contributed by atoms with Gasteiger partial charge in [0.1, 0.15) is 4.32 Å². The molecule has 0 radical (unpaired) electrons. The van der Waals surface area contributed by atoms with Crippen LogP contribution in [-0.4, -0.2) is 58.5 Å². The first-order valence-corrected chi connectivity index (χ1v) is 10.6. The molecule has 0 aliphatic heterocycles. The molecule has 0 aromatic rings. The van der Waals surface area contributed by atoms with Gasteiger partial charge in [-0.2, -0.15) is 0 Å². The number of aliphatic imine (C=N–C) groups is 1. The average Bonchev–Trinajstić information content (AvgIpc) is 2.48. The molecule has 3 nitrogen and oxygen atoms in total. The second kappa shape index (κ2) is 30.1. The Bertz CT molecular complexity index is 306. The van der Waals surface area contributed by atoms with Gasteiger partial charge in [0.15, 0.2) is 0 Å². The van der Waals surface area contributed by atoms with Crippen LogP contribution in [0.5, 0.6) is 0 Å². The van der Waals surface area contributed by atoms with E-state index in [0.717, 1.165) is 38.9 Å². The van der Waals surface area contributed by atoms with Crippen molar-refractivity contribution in [3.63, 3.8) is 0 Å². The normalized spacial score (nSPS) is 8.32. The number of nitrogens with zero attached hydrogens (tertiary/aromatic N) is 1. The Morgan fingerprint density at radius 1 is 0.880 bits per heavy atom. The second-order valence-corrected chi connectivity index (χ2v) is 7.92. The number of hydrogen-bond acceptors (Lipinski definition) is 6. The summed E-state index contributed by atoms with van der Waals surface area (Å²) in [5.41, 5.74) is 0. The minimum atomic E-state index is 0. The molecule has 25 heavy (non-hydrogen) atoms. The van der Waals surface area contributed by atoms with Crippen molar-refractivity contribution in [1.82, 2.24) is 10.6 Å². The first kappa shape index (κ1) is 33.9. The first-order valence-electron chi connectivity index (χ1n) is 8.11. The zero-order chi connectivity index (χ0) is 19.2. The third-order valence-corrected chi connectivity index (χ3v) is 3.21. The molecular weight excluding hydrogens is 529 g/mol. The molecule has 0 atom stereocenters. The van der Waals surface area contributed by atoms with Crippen molar-refractivity contribution < 1.29 is 0 Å². The van der Waals surface area contributed by atoms with E-state index >= 15 is 0 Å². The van der Waals surface area contributed by atoms with Crippen molar-refractivity contribution in [3.8, 4) is 0 Å². The van der Waals surface area contributed by atoms with Gasteiger partial charge in [0.05, 0.1) is 0 Å². The van der Waals surface area contributed by atoms with Gasteiger partial charge < -0.3 is 65.7 Å². The molecule has 10 heteroatoms. The van der Waals surface area contributed by atoms with Crippen molar-refractivity contribution >= 4 is 114 Å². The van der Waals surface area contributed by atoms with Crippen LogP contribution in [0.2, 0.25) is 0 Å². The number of unbranched alkanes of at least 4 members (excludes halogenated alkanes) is 3. The zero-order valence-corrected chi connectivity index (χ0v) is 23.6. The molecule has 144 valence electrons. The minimum Gasteiger partial charge on any atom is -0.789 e. The van der Waals surface area contributed by atoms with E-state index in [1.807, 2.05) is 0 Å². The van der Waals surface area contributed by atoms with Crippen molar-refractivity contribution in [2.75, 3.05) is 19.6 Å². The van der Waals surface area contributed by atoms with Gasteiger partial charge in [-0.15, -0.1) is 12.6 Å². The molecule has 0 aliphatic rings. The van der Waals surface area contributed by atoms with Crippen molar-refractivity contribution in [2.24, 2.45) is 4.99 Å². The molecule has 0 rings (SSSR count). The molecular formula is C15H30InN3S6. The molecule has 0 bridgehead atoms. The SMILES string of the molecule is CCCCN=C([S-])[S-].CCCCNC(=S)S.CCCCNC(=S)[S-].[In+3]. The fourth-order valence-electron chi connectivity index (χ4n) is 1.07. The van der Waals surface area contributed by atoms with Gasteiger partial charge in [-0.25, -0.2) is 4.38 Å². The maximum absolute atomic E-state index is 4.66. The molecule has 0 aromatic heterocycles. The first-order chi connectivity index (χ1) is 11.3. The molecule has 0 saturated heterocycles. The maximum atomic E-state index is 4.66. The molecule has 2 N–H and O–H groups in total. The number of thiol groups is 1. The van der Waals surface area contributed by atoms with E-state index in [1.54, 1.807) is 0 Å². The topological polar surface area (TPSA) is 36.4 Å². The van der Waals surface area contributed by atoms with E-state index in [4.69, 9.17) is 0 Å². The number of nitrogens with one attached hydrogen (secondary N) is 2. The average molecular weight is 560 g/mol. The van der Waals surface area contributed by atoms with E-state index in [0.29, 0.717) is 13.0 Å². The third-order valence-electron chi connectivity index (χ3n) is 2.36. The summed E-state index contributed by atoms with van der Waals surface area (Å²) in [4.78, 5) is 3.86. The Morgan fingerprint density at radius 2 is 1.32 bits per heavy atom. The fraction of sp³-hybridized carbons (Fsp3) is 0.800. The van der Waals surface area contributed by atoms with Crippen molar-refractivity contribution in [1.29, 1.82) is 0 Å². The standard InChI is InChI=1S/3C5H11NS2.In/c3*1-2-3-4-6-5(7)8;/h3*2-4H2,1H3,(H2,6,7,8);/q;;;+3/p-3. The summed E-state index contributed by atoms with van der Waals surface area (Å²) in [5.74, 6) is 0. The summed E-state index contributed by atoms with van der Waals surface area (Å²) in [7, 11) is 0. The summed E-state index contributed by atoms with van der Waals surface area (Å²) < 4.78 is 1.44. The van der Waals surface area contributed by atoms with Gasteiger partial charge in [-0.3, -0.25) is 0 Å². The van der Waals surface area contributed by atoms with Gasteiger partial charge in [-0.05, 0) is 19.3 Å². The fourth-order valence-corrected chi connectivity index (χ4v) is 1.67. The molecule has 0 unspecified atom stereocenters. The largest absolute Gasteiger partial charge is 3.00 e. The number of rotatable bonds is 9. The molecule has 0 fully saturated rings. The summed E-state index contributed by atoms with van der Waals surface area (Å²) in [6.07, 6.45) is 6.95. The third kappa shape index (κ3) is 51.7. The van der Waals surface area contributed by atoms with Gasteiger partial charge in [0.25, 0.3) is 0 Å². The van der Waals surface area contributed by atoms with Crippen LogP contribution in [0.15, 0.2) is 4.99 Å². The van der Waals surface area contributed by atoms with Crippen LogP contribution >= 0.6 is 37.1 Å². The molecule has 0 spiro atoms. The van der Waals surface area contributed by atoms with Crippen molar-refractivity contribution in [3.05, 3.63) is 0 Å². The smallest absolute Gasteiger partial charge is 0.789 e. The Balaban J connectivity index is -0.000000130. The summed E-state index contributed by atoms with van der Waals surface area (Å²) in [6.45, 7) is 9.08. The minimum absolute atomic E-state index is 0. The van der Waals surface area contributed by atoms with E-state index in [9.17, 15) is 0 Å². The maximum Gasteiger partial charge on any atom is 3.00 e. The van der Waals surface area contributed by atoms with Gasteiger partial charge in [-0.1, -0.05) is 56.6 Å². The van der Waals surface area contributed by atoms with Crippen LogP contribution in [0.25, 0.3) is 0 Å². The summed E-state index contributed by atoms with van der Waals surface area (Å²) >= 11 is 26.9. The molecule has 0 amide bonds. The Kier molecular flexibility index (Phi) is 40.8. The van der Waals surface area contributed by atoms with E-state index in [1.165, 1.54) is 19.3 Å². The van der Waals surface area contributed by atoms with E-state index in [-0.39, 0.29) is 25.8 Å². The molecule has 0 heterocycles. The number of thiocarbonyl (C=S) groups is 2. The van der Waals surface area contributed by atoms with Gasteiger partial charge in [0, 0.05) is 19.6 Å². The van der Waals surface area contributed by atoms with Crippen molar-refractivity contribution in [2.45, 2.75) is 59.3 Å². The Labute approximate surface area is 206 Å². The zero-order valence-electron chi connectivity index (χ0n) is 15.4. The van der Waals surface area contributed by atoms with Crippen LogP contribution < -0.4 is 10.6 Å². The van der Waals surface area contributed by atoms with Crippen LogP contribution in [0.3, 0.4) is 0 Å².